The van der Waals surface area contributed by atoms with Gasteiger partial charge in [0, 0.05) is 0 Å². The van der Waals surface area contributed by atoms with E-state index in [1.807, 2.05) is 0 Å². The van der Waals surface area contributed by atoms with Gasteiger partial charge in [-0.3, -0.25) is 0 Å². The van der Waals surface area contributed by atoms with Gasteiger partial charge in [-0.05, 0) is 0 Å². The van der Waals surface area contributed by atoms with E-state index < -0.39 is 25.9 Å². The van der Waals surface area contributed by atoms with Gasteiger partial charge >= 0.3 is 156 Å². The molecule has 0 aliphatic heterocycles. The number of aryl methyl sites for hydroxylation is 1. The quantitative estimate of drug-likeness (QED) is 0.615. The van der Waals surface area contributed by atoms with Gasteiger partial charge in [0.25, 0.3) is 0 Å². The van der Waals surface area contributed by atoms with Gasteiger partial charge in [-0.1, -0.05) is 0 Å². The Labute approximate surface area is 155 Å². The van der Waals surface area contributed by atoms with E-state index in [9.17, 15) is 0 Å². The Morgan fingerprint density at radius 1 is 1.12 bits per heavy atom. The van der Waals surface area contributed by atoms with Gasteiger partial charge in [0.2, 0.25) is 0 Å². The van der Waals surface area contributed by atoms with E-state index in [1.54, 1.807) is 0 Å². The zero-order valence-electron chi connectivity index (χ0n) is 16.6. The number of rotatable bonds is 4. The van der Waals surface area contributed by atoms with Crippen LogP contribution in [0.3, 0.4) is 0 Å². The van der Waals surface area contributed by atoms with Crippen LogP contribution in [0.15, 0.2) is 40.3 Å². The van der Waals surface area contributed by atoms with E-state index in [1.165, 1.54) is 18.4 Å². The Morgan fingerprint density at radius 3 is 2.29 bits per heavy atom. The Hall–Kier alpha value is -0.699. The average molecular weight is 376 g/mol. The van der Waals surface area contributed by atoms with Crippen LogP contribution in [0.2, 0.25) is 18.1 Å². The fourth-order valence-corrected chi connectivity index (χ4v) is 7.72. The monoisotopic (exact) mass is 376 g/mol. The number of allylic oxidation sites excluding steroid dienone is 4. The summed E-state index contributed by atoms with van der Waals surface area (Å²) >= 11 is -1.81. The Balaban J connectivity index is 2.40. The van der Waals surface area contributed by atoms with Crippen LogP contribution in [0.1, 0.15) is 46.6 Å². The maximum absolute atomic E-state index is 6.63. The molecule has 1 aromatic rings. The third-order valence-corrected chi connectivity index (χ3v) is 14.5. The van der Waals surface area contributed by atoms with Crippen LogP contribution in [0.5, 0.6) is 5.75 Å². The van der Waals surface area contributed by atoms with Gasteiger partial charge in [-0.25, -0.2) is 0 Å². The van der Waals surface area contributed by atoms with E-state index >= 15 is 0 Å². The van der Waals surface area contributed by atoms with Crippen molar-refractivity contribution in [3.8, 4) is 5.75 Å². The molecule has 0 radical (unpaired) electrons. The van der Waals surface area contributed by atoms with Crippen molar-refractivity contribution in [1.82, 2.24) is 0 Å². The Kier molecular flexibility index (Phi) is 5.95. The first kappa shape index (κ1) is 19.6. The van der Waals surface area contributed by atoms with Gasteiger partial charge in [-0.15, -0.1) is 0 Å². The second-order valence-electron chi connectivity index (χ2n) is 8.67. The van der Waals surface area contributed by atoms with Crippen molar-refractivity contribution in [3.63, 3.8) is 0 Å². The molecule has 0 N–H and O–H groups in total. The SMILES string of the molecule is C[C](C)=[Ti]([O]c1cc(C)cc([Si](C)(C)C(C)(C)C)c1)[C]1=CC=CC1. The molecule has 0 bridgehead atoms. The van der Waals surface area contributed by atoms with Crippen molar-refractivity contribution in [2.75, 3.05) is 0 Å². The summed E-state index contributed by atoms with van der Waals surface area (Å²) in [5.74, 6) is 1.08. The second kappa shape index (κ2) is 7.27. The molecule has 2 rings (SSSR count). The summed E-state index contributed by atoms with van der Waals surface area (Å²) in [6.07, 6.45) is 7.76. The summed E-state index contributed by atoms with van der Waals surface area (Å²) in [7, 11) is -1.55. The Bertz CT molecular complexity index is 714. The standard InChI is InChI=1S/C13H22OSi.C5H5.C3H6.Ti/c1-10-7-11(14)9-12(8-10)15(5,6)13(2,3)4;1-2-4-5-3-1;1-3-2;/h7-9,14H,1-6H3;1-3H,4H2;1-2H3;/q;;;+1/p-1. The predicted octanol–water partition coefficient (Wildman–Crippen LogP) is 5.68. The molecule has 0 fully saturated rings. The molecule has 1 aromatic carbocycles. The van der Waals surface area contributed by atoms with Crippen molar-refractivity contribution >= 4 is 17.1 Å². The molecule has 0 amide bonds. The summed E-state index contributed by atoms with van der Waals surface area (Å²) < 4.78 is 9.62. The molecule has 130 valence electrons. The second-order valence-corrected chi connectivity index (χ2v) is 17.9. The van der Waals surface area contributed by atoms with E-state index in [0.717, 1.165) is 12.2 Å². The van der Waals surface area contributed by atoms with Crippen LogP contribution in [-0.4, -0.2) is 11.9 Å². The molecule has 3 heteroatoms. The molecule has 1 aliphatic carbocycles. The number of hydrogen-bond donors (Lipinski definition) is 0. The molecule has 0 heterocycles. The molecule has 0 unspecified atom stereocenters. The van der Waals surface area contributed by atoms with Crippen molar-refractivity contribution in [2.45, 2.75) is 66.1 Å². The van der Waals surface area contributed by atoms with E-state index in [-0.39, 0.29) is 0 Å². The first-order chi connectivity index (χ1) is 11.0. The first-order valence-corrected chi connectivity index (χ1v) is 14.1. The third-order valence-electron chi connectivity index (χ3n) is 5.38. The summed E-state index contributed by atoms with van der Waals surface area (Å²) in [6, 6.07) is 6.93. The fourth-order valence-electron chi connectivity index (χ4n) is 2.82. The van der Waals surface area contributed by atoms with E-state index in [2.05, 4.69) is 91.1 Å². The van der Waals surface area contributed by atoms with E-state index in [0.29, 0.717) is 5.04 Å². The number of hydrogen-bond acceptors (Lipinski definition) is 1. The van der Waals surface area contributed by atoms with E-state index in [4.69, 9.17) is 3.32 Å². The molecule has 0 atom stereocenters. The van der Waals surface area contributed by atoms with Crippen LogP contribution in [0.4, 0.5) is 0 Å². The maximum atomic E-state index is 6.63. The van der Waals surface area contributed by atoms with Crippen molar-refractivity contribution in [1.29, 1.82) is 0 Å². The van der Waals surface area contributed by atoms with Crippen molar-refractivity contribution < 1.29 is 21.1 Å². The fraction of sp³-hybridized carbons (Fsp3) is 0.476. The van der Waals surface area contributed by atoms with Crippen LogP contribution in [-0.2, 0) is 17.8 Å². The molecular weight excluding hydrogens is 344 g/mol. The van der Waals surface area contributed by atoms with Crippen LogP contribution >= 0.6 is 0 Å². The van der Waals surface area contributed by atoms with Gasteiger partial charge in [0.05, 0.1) is 0 Å². The zero-order chi connectivity index (χ0) is 18.1. The van der Waals surface area contributed by atoms with Gasteiger partial charge in [0.1, 0.15) is 0 Å². The molecule has 0 saturated carbocycles. The van der Waals surface area contributed by atoms with Gasteiger partial charge in [-0.2, -0.15) is 0 Å². The molecule has 0 spiro atoms. The third kappa shape index (κ3) is 4.28. The van der Waals surface area contributed by atoms with Crippen molar-refractivity contribution in [2.24, 2.45) is 0 Å². The molecule has 0 aromatic heterocycles. The predicted molar refractivity (Wildman–Crippen MR) is 107 cm³/mol. The molecule has 1 nitrogen and oxygen atoms in total. The minimum absolute atomic E-state index is 0.335. The van der Waals surface area contributed by atoms with Crippen LogP contribution < -0.4 is 8.51 Å². The Morgan fingerprint density at radius 2 is 1.79 bits per heavy atom. The summed E-state index contributed by atoms with van der Waals surface area (Å²) in [5.41, 5.74) is 1.32. The summed E-state index contributed by atoms with van der Waals surface area (Å²) in [4.78, 5) is 0. The topological polar surface area (TPSA) is 9.23 Å². The van der Waals surface area contributed by atoms with Crippen LogP contribution in [0.25, 0.3) is 0 Å². The molecular formula is C21H32OSiTi. The molecule has 0 saturated heterocycles. The molecule has 24 heavy (non-hydrogen) atoms. The normalized spacial score (nSPS) is 14.6. The van der Waals surface area contributed by atoms with Gasteiger partial charge in [0.15, 0.2) is 0 Å². The van der Waals surface area contributed by atoms with Crippen LogP contribution in [0, 0.1) is 6.92 Å². The zero-order valence-corrected chi connectivity index (χ0v) is 19.1. The minimum atomic E-state index is -1.81. The summed E-state index contributed by atoms with van der Waals surface area (Å²) in [5, 5.41) is 1.84. The molecule has 1 aliphatic rings. The average Bonchev–Trinajstić information content (AvgIpc) is 2.96. The number of benzene rings is 1. The van der Waals surface area contributed by atoms with Crippen molar-refractivity contribution in [3.05, 3.63) is 45.9 Å². The van der Waals surface area contributed by atoms with Gasteiger partial charge < -0.3 is 0 Å². The summed E-state index contributed by atoms with van der Waals surface area (Å²) in [6.45, 7) is 18.7. The first-order valence-electron chi connectivity index (χ1n) is 8.86.